The number of hydrogen-bond acceptors (Lipinski definition) is 0. The van der Waals surface area contributed by atoms with E-state index in [0.717, 1.165) is 11.8 Å². The molecule has 0 spiro atoms. The molecule has 2 atom stereocenters. The molecule has 1 saturated carbocycles. The van der Waals surface area contributed by atoms with E-state index in [1.807, 2.05) is 0 Å². The highest BCUT2D eigenvalue weighted by molar-refractivity contribution is 5.76. The quantitative estimate of drug-likeness (QED) is 0.603. The molecule has 1 fully saturated rings. The predicted octanol–water partition coefficient (Wildman–Crippen LogP) is 4.79. The molecule has 2 aliphatic rings. The molecule has 88 valence electrons. The van der Waals surface area contributed by atoms with Crippen molar-refractivity contribution in [2.24, 2.45) is 11.8 Å². The molecule has 0 nitrogen and oxygen atoms in total. The van der Waals surface area contributed by atoms with E-state index < -0.39 is 0 Å². The number of allylic oxidation sites excluding steroid dienone is 2. The van der Waals surface area contributed by atoms with Gasteiger partial charge in [0.2, 0.25) is 0 Å². The van der Waals surface area contributed by atoms with E-state index in [1.165, 1.54) is 30.4 Å². The number of hydrogen-bond donors (Lipinski definition) is 0. The second-order valence-corrected chi connectivity index (χ2v) is 5.74. The van der Waals surface area contributed by atoms with Crippen LogP contribution < -0.4 is 0 Å². The molecule has 2 bridgehead atoms. The fraction of sp³-hybridized carbons (Fsp3) is 0.471. The van der Waals surface area contributed by atoms with Gasteiger partial charge in [0, 0.05) is 5.57 Å². The van der Waals surface area contributed by atoms with Gasteiger partial charge in [-0.05, 0) is 44.2 Å². The van der Waals surface area contributed by atoms with Crippen LogP contribution in [0.3, 0.4) is 0 Å². The van der Waals surface area contributed by atoms with Crippen molar-refractivity contribution >= 4 is 5.57 Å². The van der Waals surface area contributed by atoms with Crippen LogP contribution in [0.1, 0.15) is 44.2 Å². The number of benzene rings is 1. The Morgan fingerprint density at radius 1 is 1.00 bits per heavy atom. The number of aryl methyl sites for hydroxylation is 1. The zero-order chi connectivity index (χ0) is 12.0. The van der Waals surface area contributed by atoms with Gasteiger partial charge in [-0.1, -0.05) is 29.8 Å². The van der Waals surface area contributed by atoms with Gasteiger partial charge in [0.1, 0.15) is 17.8 Å². The molecule has 2 aliphatic carbocycles. The third-order valence-corrected chi connectivity index (χ3v) is 4.74. The summed E-state index contributed by atoms with van der Waals surface area (Å²) in [6, 6.07) is 9.10. The van der Waals surface area contributed by atoms with Crippen LogP contribution in [0, 0.1) is 24.7 Å². The van der Waals surface area contributed by atoms with Gasteiger partial charge in [0.05, 0.1) is 6.92 Å². The first-order valence-electron chi connectivity index (χ1n) is 6.79. The van der Waals surface area contributed by atoms with Gasteiger partial charge in [0.25, 0.3) is 0 Å². The van der Waals surface area contributed by atoms with E-state index >= 15 is 0 Å². The maximum atomic E-state index is 2.37. The van der Waals surface area contributed by atoms with Gasteiger partial charge >= 0.3 is 0 Å². The van der Waals surface area contributed by atoms with E-state index in [0.29, 0.717) is 0 Å². The first-order chi connectivity index (χ1) is 8.18. The molecule has 17 heavy (non-hydrogen) atoms. The summed E-state index contributed by atoms with van der Waals surface area (Å²) in [6.45, 7) is 6.89. The van der Waals surface area contributed by atoms with Crippen LogP contribution in [0.2, 0.25) is 0 Å². The van der Waals surface area contributed by atoms with Crippen molar-refractivity contribution in [3.8, 4) is 0 Å². The summed E-state index contributed by atoms with van der Waals surface area (Å²) in [4.78, 5) is 0. The molecule has 0 amide bonds. The minimum Gasteiger partial charge on any atom is -0.0587 e. The lowest BCUT2D eigenvalue weighted by Crippen LogP contribution is -2.17. The molecule has 3 rings (SSSR count). The normalized spacial score (nSPS) is 27.8. The van der Waals surface area contributed by atoms with E-state index in [2.05, 4.69) is 45.0 Å². The van der Waals surface area contributed by atoms with E-state index in [4.69, 9.17) is 0 Å². The summed E-state index contributed by atoms with van der Waals surface area (Å²) in [7, 11) is 0. The molecule has 0 saturated heterocycles. The van der Waals surface area contributed by atoms with Crippen LogP contribution in [0.5, 0.6) is 0 Å². The smallest absolute Gasteiger partial charge is 0.0587 e. The molecule has 0 radical (unpaired) electrons. The monoisotopic (exact) mass is 225 g/mol. The van der Waals surface area contributed by atoms with Crippen molar-refractivity contribution in [3.05, 3.63) is 46.9 Å². The Morgan fingerprint density at radius 3 is 2.29 bits per heavy atom. The standard InChI is InChI=1S/C17H21/c1-11-7-9-14(10-8-11)17-13(3)15-5-4-6-16(17)12(15)2/h7-10,15-16H,4-6H2,1-3H3/q+1. The summed E-state index contributed by atoms with van der Waals surface area (Å²) in [6.07, 6.45) is 4.14. The van der Waals surface area contributed by atoms with Gasteiger partial charge in [-0.15, -0.1) is 0 Å². The first kappa shape index (κ1) is 11.0. The molecule has 0 heterocycles. The minimum atomic E-state index is 0.747. The molecule has 0 heteroatoms. The molecule has 0 N–H and O–H groups in total. The third-order valence-electron chi connectivity index (χ3n) is 4.74. The fourth-order valence-corrected chi connectivity index (χ4v) is 3.78. The van der Waals surface area contributed by atoms with Crippen LogP contribution in [0.15, 0.2) is 29.8 Å². The second-order valence-electron chi connectivity index (χ2n) is 5.74. The molecule has 1 aromatic rings. The highest BCUT2D eigenvalue weighted by atomic mass is 14.4. The van der Waals surface area contributed by atoms with Crippen molar-refractivity contribution in [3.63, 3.8) is 0 Å². The summed E-state index contributed by atoms with van der Waals surface area (Å²) < 4.78 is 0. The third kappa shape index (κ3) is 1.62. The van der Waals surface area contributed by atoms with Gasteiger partial charge < -0.3 is 0 Å². The lowest BCUT2D eigenvalue weighted by Gasteiger charge is -2.19. The average molecular weight is 225 g/mol. The van der Waals surface area contributed by atoms with Crippen molar-refractivity contribution in [1.82, 2.24) is 0 Å². The van der Waals surface area contributed by atoms with Crippen LogP contribution in [-0.2, 0) is 0 Å². The van der Waals surface area contributed by atoms with E-state index in [1.54, 1.807) is 17.1 Å². The van der Waals surface area contributed by atoms with Gasteiger partial charge in [-0.3, -0.25) is 0 Å². The highest BCUT2D eigenvalue weighted by Gasteiger charge is 2.49. The molecule has 0 aliphatic heterocycles. The summed E-state index contributed by atoms with van der Waals surface area (Å²) in [5, 5.41) is 0. The Balaban J connectivity index is 2.05. The van der Waals surface area contributed by atoms with Crippen LogP contribution >= 0.6 is 0 Å². The van der Waals surface area contributed by atoms with Crippen molar-refractivity contribution in [2.75, 3.05) is 0 Å². The molecule has 2 unspecified atom stereocenters. The van der Waals surface area contributed by atoms with Crippen molar-refractivity contribution < 1.29 is 0 Å². The van der Waals surface area contributed by atoms with Gasteiger partial charge in [-0.2, -0.15) is 0 Å². The van der Waals surface area contributed by atoms with E-state index in [9.17, 15) is 0 Å². The van der Waals surface area contributed by atoms with Crippen molar-refractivity contribution in [1.29, 1.82) is 0 Å². The van der Waals surface area contributed by atoms with Crippen LogP contribution in [-0.4, -0.2) is 0 Å². The summed E-state index contributed by atoms with van der Waals surface area (Å²) in [5.41, 5.74) is 6.11. The SMILES string of the molecule is CC1=C(c2ccc(C)cc2)C2CCCC1[C+]2C. The number of fused-ring (bicyclic) bond motifs is 2. The largest absolute Gasteiger partial charge is 0.126 e. The Hall–Kier alpha value is -1.17. The fourth-order valence-electron chi connectivity index (χ4n) is 3.78. The zero-order valence-electron chi connectivity index (χ0n) is 11.1. The van der Waals surface area contributed by atoms with Crippen LogP contribution in [0.25, 0.3) is 5.57 Å². The molecular formula is C17H21+. The minimum absolute atomic E-state index is 0.747. The molecular weight excluding hydrogens is 204 g/mol. The molecule has 0 aromatic heterocycles. The summed E-state index contributed by atoms with van der Waals surface area (Å²) in [5.74, 6) is 3.26. The average Bonchev–Trinajstić information content (AvgIpc) is 2.49. The maximum Gasteiger partial charge on any atom is 0.126 e. The summed E-state index contributed by atoms with van der Waals surface area (Å²) >= 11 is 0. The van der Waals surface area contributed by atoms with Crippen LogP contribution in [0.4, 0.5) is 0 Å². The number of rotatable bonds is 1. The maximum absolute atomic E-state index is 2.37. The topological polar surface area (TPSA) is 0 Å². The lowest BCUT2D eigenvalue weighted by molar-refractivity contribution is 0.419. The zero-order valence-corrected chi connectivity index (χ0v) is 11.1. The first-order valence-corrected chi connectivity index (χ1v) is 6.79. The van der Waals surface area contributed by atoms with Gasteiger partial charge in [0.15, 0.2) is 0 Å². The Bertz CT molecular complexity index is 449. The second kappa shape index (κ2) is 3.94. The Morgan fingerprint density at radius 2 is 1.65 bits per heavy atom. The highest BCUT2D eigenvalue weighted by Crippen LogP contribution is 2.54. The Labute approximate surface area is 105 Å². The van der Waals surface area contributed by atoms with Gasteiger partial charge in [-0.25, -0.2) is 0 Å². The molecule has 1 aromatic carbocycles. The predicted molar refractivity (Wildman–Crippen MR) is 73.5 cm³/mol. The lowest BCUT2D eigenvalue weighted by atomic mass is 9.76. The van der Waals surface area contributed by atoms with E-state index in [-0.39, 0.29) is 0 Å². The Kier molecular flexibility index (Phi) is 2.54. The van der Waals surface area contributed by atoms with Crippen molar-refractivity contribution in [2.45, 2.75) is 40.0 Å².